The normalized spacial score (nSPS) is 20.8. The van der Waals surface area contributed by atoms with Crippen molar-refractivity contribution in [3.8, 4) is 5.75 Å². The van der Waals surface area contributed by atoms with Gasteiger partial charge in [0.05, 0.1) is 7.11 Å². The van der Waals surface area contributed by atoms with Gasteiger partial charge in [0.1, 0.15) is 5.75 Å². The van der Waals surface area contributed by atoms with Crippen LogP contribution in [0.3, 0.4) is 0 Å². The van der Waals surface area contributed by atoms with Crippen molar-refractivity contribution in [2.24, 2.45) is 5.73 Å². The number of anilines is 1. The van der Waals surface area contributed by atoms with E-state index in [1.165, 1.54) is 11.3 Å². The molecule has 0 fully saturated rings. The van der Waals surface area contributed by atoms with Gasteiger partial charge in [0, 0.05) is 36.3 Å². The quantitative estimate of drug-likeness (QED) is 0.846. The molecule has 16 heavy (non-hydrogen) atoms. The average Bonchev–Trinajstić information content (AvgIpc) is 2.67. The van der Waals surface area contributed by atoms with Crippen molar-refractivity contribution in [1.29, 1.82) is 0 Å². The van der Waals surface area contributed by atoms with E-state index in [9.17, 15) is 0 Å². The topological polar surface area (TPSA) is 38.5 Å². The van der Waals surface area contributed by atoms with Gasteiger partial charge in [-0.2, -0.15) is 0 Å². The van der Waals surface area contributed by atoms with E-state index in [1.54, 1.807) is 7.11 Å². The fourth-order valence-corrected chi connectivity index (χ4v) is 2.51. The molecule has 2 unspecified atom stereocenters. The number of benzene rings is 1. The maximum Gasteiger partial charge on any atom is 0.124 e. The fourth-order valence-electron chi connectivity index (χ4n) is 2.51. The lowest BCUT2D eigenvalue weighted by molar-refractivity contribution is 0.405. The van der Waals surface area contributed by atoms with Gasteiger partial charge in [-0.15, -0.1) is 0 Å². The third-order valence-electron chi connectivity index (χ3n) is 3.41. The summed E-state index contributed by atoms with van der Waals surface area (Å²) in [5.74, 6) is 1.35. The summed E-state index contributed by atoms with van der Waals surface area (Å²) in [6.07, 6.45) is 0. The maximum atomic E-state index is 6.07. The monoisotopic (exact) mass is 220 g/mol. The molecule has 2 rings (SSSR count). The van der Waals surface area contributed by atoms with Crippen LogP contribution in [0.5, 0.6) is 5.75 Å². The van der Waals surface area contributed by atoms with Crippen LogP contribution in [0.1, 0.15) is 25.3 Å². The summed E-state index contributed by atoms with van der Waals surface area (Å²) in [6, 6.07) is 6.38. The molecule has 0 radical (unpaired) electrons. The molecule has 0 amide bonds. The van der Waals surface area contributed by atoms with Gasteiger partial charge < -0.3 is 15.4 Å². The van der Waals surface area contributed by atoms with E-state index < -0.39 is 0 Å². The number of rotatable bonds is 3. The van der Waals surface area contributed by atoms with Gasteiger partial charge in [0.2, 0.25) is 0 Å². The highest BCUT2D eigenvalue weighted by molar-refractivity contribution is 5.65. The van der Waals surface area contributed by atoms with Gasteiger partial charge in [-0.05, 0) is 26.0 Å². The van der Waals surface area contributed by atoms with Crippen molar-refractivity contribution in [1.82, 2.24) is 0 Å². The third kappa shape index (κ3) is 1.65. The van der Waals surface area contributed by atoms with E-state index in [1.807, 2.05) is 12.1 Å². The molecule has 3 heteroatoms. The maximum absolute atomic E-state index is 6.07. The Hall–Kier alpha value is -1.22. The second-order valence-corrected chi connectivity index (χ2v) is 4.40. The Bertz CT molecular complexity index is 376. The highest BCUT2D eigenvalue weighted by Crippen LogP contribution is 2.42. The molecule has 1 aromatic rings. The van der Waals surface area contributed by atoms with Crippen molar-refractivity contribution >= 4 is 5.69 Å². The summed E-state index contributed by atoms with van der Waals surface area (Å²) < 4.78 is 5.45. The van der Waals surface area contributed by atoms with E-state index in [-0.39, 0.29) is 6.04 Å². The van der Waals surface area contributed by atoms with Crippen LogP contribution in [0.2, 0.25) is 0 Å². The Labute approximate surface area is 97.2 Å². The zero-order chi connectivity index (χ0) is 11.7. The molecule has 1 aromatic carbocycles. The Morgan fingerprint density at radius 3 is 2.88 bits per heavy atom. The van der Waals surface area contributed by atoms with Gasteiger partial charge in [-0.25, -0.2) is 0 Å². The molecule has 1 aliphatic rings. The average molecular weight is 220 g/mol. The third-order valence-corrected chi connectivity index (χ3v) is 3.41. The van der Waals surface area contributed by atoms with E-state index in [0.717, 1.165) is 18.8 Å². The van der Waals surface area contributed by atoms with E-state index in [4.69, 9.17) is 10.5 Å². The molecule has 3 nitrogen and oxygen atoms in total. The largest absolute Gasteiger partial charge is 0.496 e. The number of likely N-dealkylation sites (N-methyl/N-ethyl adjacent to an activating group) is 1. The molecule has 0 bridgehead atoms. The SMILES string of the molecule is CCN1CC(C(C)N)c2c(OC)cccc21. The minimum Gasteiger partial charge on any atom is -0.496 e. The zero-order valence-electron chi connectivity index (χ0n) is 10.2. The molecule has 0 aliphatic carbocycles. The molecular weight excluding hydrogens is 200 g/mol. The van der Waals surface area contributed by atoms with Crippen LogP contribution < -0.4 is 15.4 Å². The smallest absolute Gasteiger partial charge is 0.124 e. The first-order valence-corrected chi connectivity index (χ1v) is 5.86. The zero-order valence-corrected chi connectivity index (χ0v) is 10.2. The molecule has 1 heterocycles. The predicted octanol–water partition coefficient (Wildman–Crippen LogP) is 1.97. The van der Waals surface area contributed by atoms with Crippen molar-refractivity contribution in [2.45, 2.75) is 25.8 Å². The highest BCUT2D eigenvalue weighted by Gasteiger charge is 2.32. The van der Waals surface area contributed by atoms with Gasteiger partial charge in [0.15, 0.2) is 0 Å². The second kappa shape index (κ2) is 4.34. The predicted molar refractivity (Wildman–Crippen MR) is 67.3 cm³/mol. The number of hydrogen-bond acceptors (Lipinski definition) is 3. The Balaban J connectivity index is 2.49. The first-order valence-electron chi connectivity index (χ1n) is 5.86. The Morgan fingerprint density at radius 2 is 2.31 bits per heavy atom. The summed E-state index contributed by atoms with van der Waals surface area (Å²) in [6.45, 7) is 6.26. The number of methoxy groups -OCH3 is 1. The minimum absolute atomic E-state index is 0.159. The summed E-state index contributed by atoms with van der Waals surface area (Å²) in [7, 11) is 1.72. The molecule has 0 aromatic heterocycles. The number of hydrogen-bond donors (Lipinski definition) is 1. The van der Waals surface area contributed by atoms with Crippen LogP contribution in [-0.4, -0.2) is 26.2 Å². The van der Waals surface area contributed by atoms with Gasteiger partial charge in [-0.3, -0.25) is 0 Å². The highest BCUT2D eigenvalue weighted by atomic mass is 16.5. The standard InChI is InChI=1S/C13H20N2O/c1-4-15-8-10(9(2)14)13-11(15)6-5-7-12(13)16-3/h5-7,9-10H,4,8,14H2,1-3H3. The lowest BCUT2D eigenvalue weighted by Crippen LogP contribution is -2.30. The molecule has 0 saturated heterocycles. The van der Waals surface area contributed by atoms with Crippen LogP contribution >= 0.6 is 0 Å². The number of fused-ring (bicyclic) bond motifs is 1. The van der Waals surface area contributed by atoms with Crippen molar-refractivity contribution < 1.29 is 4.74 Å². The minimum atomic E-state index is 0.159. The molecule has 0 spiro atoms. The van der Waals surface area contributed by atoms with E-state index in [2.05, 4.69) is 24.8 Å². The van der Waals surface area contributed by atoms with Crippen LogP contribution in [0, 0.1) is 0 Å². The van der Waals surface area contributed by atoms with Crippen LogP contribution in [0.4, 0.5) is 5.69 Å². The molecule has 1 aliphatic heterocycles. The number of nitrogens with two attached hydrogens (primary N) is 1. The second-order valence-electron chi connectivity index (χ2n) is 4.40. The van der Waals surface area contributed by atoms with Gasteiger partial charge in [-0.1, -0.05) is 6.07 Å². The molecule has 2 atom stereocenters. The lowest BCUT2D eigenvalue weighted by Gasteiger charge is -2.18. The van der Waals surface area contributed by atoms with E-state index >= 15 is 0 Å². The van der Waals surface area contributed by atoms with Crippen molar-refractivity contribution in [2.75, 3.05) is 25.1 Å². The number of ether oxygens (including phenoxy) is 1. The van der Waals surface area contributed by atoms with E-state index in [0.29, 0.717) is 5.92 Å². The van der Waals surface area contributed by atoms with Crippen LogP contribution in [-0.2, 0) is 0 Å². The molecule has 88 valence electrons. The lowest BCUT2D eigenvalue weighted by atomic mass is 9.94. The Kier molecular flexibility index (Phi) is 3.06. The van der Waals surface area contributed by atoms with Crippen molar-refractivity contribution in [3.05, 3.63) is 23.8 Å². The summed E-state index contributed by atoms with van der Waals surface area (Å²) >= 11 is 0. The van der Waals surface area contributed by atoms with Gasteiger partial charge >= 0.3 is 0 Å². The fraction of sp³-hybridized carbons (Fsp3) is 0.538. The molecular formula is C13H20N2O. The summed E-state index contributed by atoms with van der Waals surface area (Å²) in [5.41, 5.74) is 8.63. The Morgan fingerprint density at radius 1 is 1.56 bits per heavy atom. The summed E-state index contributed by atoms with van der Waals surface area (Å²) in [4.78, 5) is 2.37. The summed E-state index contributed by atoms with van der Waals surface area (Å²) in [5, 5.41) is 0. The van der Waals surface area contributed by atoms with Gasteiger partial charge in [0.25, 0.3) is 0 Å². The number of nitrogens with zero attached hydrogens (tertiary/aromatic N) is 1. The van der Waals surface area contributed by atoms with Crippen molar-refractivity contribution in [3.63, 3.8) is 0 Å². The van der Waals surface area contributed by atoms with Crippen LogP contribution in [0.15, 0.2) is 18.2 Å². The first kappa shape index (κ1) is 11.3. The molecule has 0 saturated carbocycles. The molecule has 2 N–H and O–H groups in total. The van der Waals surface area contributed by atoms with Crippen LogP contribution in [0.25, 0.3) is 0 Å². The first-order chi connectivity index (χ1) is 7.69.